The van der Waals surface area contributed by atoms with Crippen LogP contribution < -0.4 is 24.4 Å². The second kappa shape index (κ2) is 13.1. The van der Waals surface area contributed by atoms with E-state index in [0.29, 0.717) is 34.4 Å². The zero-order valence-corrected chi connectivity index (χ0v) is 25.4. The quantitative estimate of drug-likeness (QED) is 0.204. The van der Waals surface area contributed by atoms with Crippen LogP contribution in [-0.2, 0) is 16.6 Å². The predicted octanol–water partition coefficient (Wildman–Crippen LogP) is 6.21. The van der Waals surface area contributed by atoms with Crippen molar-refractivity contribution in [2.24, 2.45) is 0 Å². The first-order valence-electron chi connectivity index (χ1n) is 13.2. The Labute approximate surface area is 253 Å². The van der Waals surface area contributed by atoms with Gasteiger partial charge in [-0.25, -0.2) is 22.1 Å². The van der Waals surface area contributed by atoms with Gasteiger partial charge in [-0.15, -0.1) is 11.3 Å². The summed E-state index contributed by atoms with van der Waals surface area (Å²) in [5.41, 5.74) is 3.25. The number of halogens is 2. The van der Waals surface area contributed by atoms with Crippen LogP contribution in [-0.4, -0.2) is 46.8 Å². The summed E-state index contributed by atoms with van der Waals surface area (Å²) in [7, 11) is -0.983. The van der Waals surface area contributed by atoms with Gasteiger partial charge in [0, 0.05) is 35.8 Å². The summed E-state index contributed by atoms with van der Waals surface area (Å²) < 4.78 is 53.4. The van der Waals surface area contributed by atoms with Crippen LogP contribution in [0, 0.1) is 5.82 Å². The zero-order valence-electron chi connectivity index (χ0n) is 23.0. The Morgan fingerprint density at radius 1 is 1.12 bits per heavy atom. The first-order valence-corrected chi connectivity index (χ1v) is 15.9. The molecule has 2 heterocycles. The van der Waals surface area contributed by atoms with Crippen molar-refractivity contribution in [1.82, 2.24) is 10.3 Å². The standard InChI is InChI=1S/C30H30ClFN4O4S2/c1-39-23-10-7-21(29(16-23)40-2)19-36(30-34-14-15-41-30)42(37,38)24-11-12-27(26(31)17-24)35-18-28-25(4-3-13-33-28)20-5-8-22(32)9-6-20/h4-12,14-17,28,33,35H,3,13,18-19H2,1-2H3. The Balaban J connectivity index is 1.37. The minimum absolute atomic E-state index is 0.00746. The van der Waals surface area contributed by atoms with Gasteiger partial charge >= 0.3 is 0 Å². The maximum atomic E-state index is 14.0. The lowest BCUT2D eigenvalue weighted by atomic mass is 9.94. The largest absolute Gasteiger partial charge is 0.497 e. The maximum absolute atomic E-state index is 14.0. The predicted molar refractivity (Wildman–Crippen MR) is 166 cm³/mol. The minimum Gasteiger partial charge on any atom is -0.497 e. The lowest BCUT2D eigenvalue weighted by Crippen LogP contribution is -2.39. The Bertz CT molecular complexity index is 1670. The molecule has 0 saturated heterocycles. The normalized spacial score (nSPS) is 15.1. The fraction of sp³-hybridized carbons (Fsp3) is 0.233. The van der Waals surface area contributed by atoms with Crippen LogP contribution in [0.25, 0.3) is 5.57 Å². The average Bonchev–Trinajstić information content (AvgIpc) is 3.54. The number of hydrogen-bond donors (Lipinski definition) is 2. The first-order chi connectivity index (χ1) is 20.3. The number of nitrogens with one attached hydrogen (secondary N) is 2. The smallest absolute Gasteiger partial charge is 0.266 e. The van der Waals surface area contributed by atoms with Gasteiger partial charge in [-0.3, -0.25) is 0 Å². The van der Waals surface area contributed by atoms with E-state index in [1.165, 1.54) is 47.0 Å². The Kier molecular flexibility index (Phi) is 9.32. The van der Waals surface area contributed by atoms with Gasteiger partial charge in [0.05, 0.1) is 36.4 Å². The Morgan fingerprint density at radius 3 is 2.62 bits per heavy atom. The number of anilines is 2. The number of rotatable bonds is 11. The number of methoxy groups -OCH3 is 2. The summed E-state index contributed by atoms with van der Waals surface area (Å²) in [5, 5.41) is 9.12. The molecule has 0 bridgehead atoms. The molecule has 0 fully saturated rings. The molecule has 0 amide bonds. The van der Waals surface area contributed by atoms with E-state index < -0.39 is 10.0 Å². The highest BCUT2D eigenvalue weighted by molar-refractivity contribution is 7.93. The molecule has 1 aliphatic rings. The van der Waals surface area contributed by atoms with E-state index in [0.717, 1.165) is 24.1 Å². The van der Waals surface area contributed by atoms with Crippen molar-refractivity contribution < 1.29 is 22.3 Å². The summed E-state index contributed by atoms with van der Waals surface area (Å²) in [6.07, 6.45) is 4.58. The molecule has 5 rings (SSSR count). The third kappa shape index (κ3) is 6.54. The molecule has 2 N–H and O–H groups in total. The Morgan fingerprint density at radius 2 is 1.93 bits per heavy atom. The molecule has 1 aliphatic heterocycles. The molecule has 0 radical (unpaired) electrons. The summed E-state index contributed by atoms with van der Waals surface area (Å²) in [6, 6.07) is 16.2. The fourth-order valence-corrected chi connectivity index (χ4v) is 7.36. The van der Waals surface area contributed by atoms with Crippen molar-refractivity contribution in [2.45, 2.75) is 23.9 Å². The topological polar surface area (TPSA) is 92.8 Å². The van der Waals surface area contributed by atoms with E-state index in [1.54, 1.807) is 55.1 Å². The maximum Gasteiger partial charge on any atom is 0.266 e. The van der Waals surface area contributed by atoms with Gasteiger partial charge < -0.3 is 20.1 Å². The number of sulfonamides is 1. The van der Waals surface area contributed by atoms with E-state index in [9.17, 15) is 12.8 Å². The molecule has 0 aliphatic carbocycles. The van der Waals surface area contributed by atoms with E-state index in [2.05, 4.69) is 21.7 Å². The molecule has 3 aromatic carbocycles. The highest BCUT2D eigenvalue weighted by Gasteiger charge is 2.29. The lowest BCUT2D eigenvalue weighted by Gasteiger charge is -2.27. The average molecular weight is 629 g/mol. The molecule has 1 aromatic heterocycles. The molecule has 0 saturated carbocycles. The van der Waals surface area contributed by atoms with Crippen LogP contribution in [0.3, 0.4) is 0 Å². The van der Waals surface area contributed by atoms with E-state index >= 15 is 0 Å². The molecule has 220 valence electrons. The van der Waals surface area contributed by atoms with Crippen molar-refractivity contribution in [3.05, 3.63) is 100 Å². The number of aromatic nitrogens is 1. The third-order valence-electron chi connectivity index (χ3n) is 6.92. The van der Waals surface area contributed by atoms with Crippen LogP contribution in [0.5, 0.6) is 11.5 Å². The zero-order chi connectivity index (χ0) is 29.7. The number of hydrogen-bond acceptors (Lipinski definition) is 8. The second-order valence-electron chi connectivity index (χ2n) is 9.49. The highest BCUT2D eigenvalue weighted by Crippen LogP contribution is 2.34. The lowest BCUT2D eigenvalue weighted by molar-refractivity contribution is 0.391. The van der Waals surface area contributed by atoms with E-state index in [-0.39, 0.29) is 28.3 Å². The van der Waals surface area contributed by atoms with E-state index in [4.69, 9.17) is 21.1 Å². The summed E-state index contributed by atoms with van der Waals surface area (Å²) in [6.45, 7) is 1.30. The molecular weight excluding hydrogens is 599 g/mol. The van der Waals surface area contributed by atoms with Crippen LogP contribution in [0.2, 0.25) is 5.02 Å². The first kappa shape index (κ1) is 29.8. The summed E-state index contributed by atoms with van der Waals surface area (Å²) >= 11 is 7.84. The van der Waals surface area contributed by atoms with Crippen molar-refractivity contribution in [3.63, 3.8) is 0 Å². The van der Waals surface area contributed by atoms with Gasteiger partial charge in [0.15, 0.2) is 5.13 Å². The van der Waals surface area contributed by atoms with E-state index in [1.807, 2.05) is 0 Å². The van der Waals surface area contributed by atoms with Gasteiger partial charge in [0.25, 0.3) is 10.0 Å². The molecule has 12 heteroatoms. The van der Waals surface area contributed by atoms with Gasteiger partial charge in [0.2, 0.25) is 0 Å². The molecule has 8 nitrogen and oxygen atoms in total. The van der Waals surface area contributed by atoms with Crippen LogP contribution >= 0.6 is 22.9 Å². The molecule has 4 aromatic rings. The minimum atomic E-state index is -4.06. The molecule has 0 spiro atoms. The fourth-order valence-electron chi connectivity index (χ4n) is 4.75. The third-order valence-corrected chi connectivity index (χ3v) is 9.87. The molecular formula is C30H30ClFN4O4S2. The molecule has 1 unspecified atom stereocenters. The SMILES string of the molecule is COc1ccc(CN(c2nccs2)S(=O)(=O)c2ccc(NCC3NCCC=C3c3ccc(F)cc3)c(Cl)c2)c(OC)c1. The van der Waals surface area contributed by atoms with Crippen molar-refractivity contribution >= 4 is 49.4 Å². The van der Waals surface area contributed by atoms with Crippen molar-refractivity contribution in [2.75, 3.05) is 36.9 Å². The number of thiazole rings is 1. The molecule has 42 heavy (non-hydrogen) atoms. The monoisotopic (exact) mass is 628 g/mol. The van der Waals surface area contributed by atoms with Gasteiger partial charge in [0.1, 0.15) is 17.3 Å². The van der Waals surface area contributed by atoms with Crippen molar-refractivity contribution in [3.8, 4) is 11.5 Å². The van der Waals surface area contributed by atoms with Crippen LogP contribution in [0.15, 0.2) is 83.2 Å². The molecule has 1 atom stereocenters. The van der Waals surface area contributed by atoms with Crippen molar-refractivity contribution in [1.29, 1.82) is 0 Å². The summed E-state index contributed by atoms with van der Waals surface area (Å²) in [5.74, 6) is 0.808. The highest BCUT2D eigenvalue weighted by atomic mass is 35.5. The number of ether oxygens (including phenoxy) is 2. The number of benzene rings is 3. The van der Waals surface area contributed by atoms with Crippen LogP contribution in [0.4, 0.5) is 15.2 Å². The Hall–Kier alpha value is -3.64. The van der Waals surface area contributed by atoms with Crippen LogP contribution in [0.1, 0.15) is 17.5 Å². The number of nitrogens with zero attached hydrogens (tertiary/aromatic N) is 2. The second-order valence-corrected chi connectivity index (χ2v) is 12.6. The van der Waals surface area contributed by atoms with Gasteiger partial charge in [-0.1, -0.05) is 29.8 Å². The van der Waals surface area contributed by atoms with Gasteiger partial charge in [-0.2, -0.15) is 0 Å². The summed E-state index contributed by atoms with van der Waals surface area (Å²) in [4.78, 5) is 4.30. The van der Waals surface area contributed by atoms with Gasteiger partial charge in [-0.05, 0) is 66.6 Å².